The first-order valence-corrected chi connectivity index (χ1v) is 14.1. The predicted octanol–water partition coefficient (Wildman–Crippen LogP) is 5.42. The molecule has 1 saturated carbocycles. The van der Waals surface area contributed by atoms with Crippen LogP contribution >= 0.6 is 11.6 Å². The third-order valence-electron chi connectivity index (χ3n) is 6.89. The molecule has 1 aliphatic carbocycles. The van der Waals surface area contributed by atoms with E-state index in [0.29, 0.717) is 0 Å². The van der Waals surface area contributed by atoms with Crippen LogP contribution in [0, 0.1) is 23.5 Å². The van der Waals surface area contributed by atoms with Crippen LogP contribution in [0.2, 0.25) is 5.02 Å². The van der Waals surface area contributed by atoms with Gasteiger partial charge in [-0.25, -0.2) is 25.6 Å². The van der Waals surface area contributed by atoms with E-state index in [9.17, 15) is 34.4 Å². The van der Waals surface area contributed by atoms with Crippen molar-refractivity contribution in [2.75, 3.05) is 12.4 Å². The molecule has 1 fully saturated rings. The van der Waals surface area contributed by atoms with E-state index < -0.39 is 83.5 Å². The molecule has 0 N–H and O–H groups in total. The molecule has 2 aromatic carbocycles. The van der Waals surface area contributed by atoms with Crippen LogP contribution in [-0.2, 0) is 24.4 Å². The maximum atomic E-state index is 15.3. The first-order valence-electron chi connectivity index (χ1n) is 10.6. The molecule has 0 amide bonds. The fourth-order valence-electron chi connectivity index (χ4n) is 5.28. The summed E-state index contributed by atoms with van der Waals surface area (Å²) >= 11 is 5.88. The first-order chi connectivity index (χ1) is 16.2. The monoisotopic (exact) mass is 558 g/mol. The standard InChI is InChI=1S/C22H20ClF5O5S2/c23-14-3-5-15(6-4-14)35(31,32)21-10-1-2-13(9-11-34(29,30)22(26,27)28)16(21)12-33-20-18(25)8-7-17(24)19(20)21/h3-8,13,16H,1-2,9-12H2/t13-,16-,21-/m0/s1. The van der Waals surface area contributed by atoms with Crippen molar-refractivity contribution in [1.29, 1.82) is 0 Å². The van der Waals surface area contributed by atoms with Crippen molar-refractivity contribution < 1.29 is 43.5 Å². The topological polar surface area (TPSA) is 77.5 Å². The Kier molecular flexibility index (Phi) is 6.63. The molecular weight excluding hydrogens is 539 g/mol. The normalized spacial score (nSPS) is 24.9. The van der Waals surface area contributed by atoms with Gasteiger partial charge in [-0.05, 0) is 61.6 Å². The number of halogens is 6. The molecule has 0 saturated heterocycles. The molecule has 2 aliphatic rings. The number of rotatable bonds is 5. The number of hydrogen-bond donors (Lipinski definition) is 0. The van der Waals surface area contributed by atoms with Gasteiger partial charge in [-0.15, -0.1) is 0 Å². The van der Waals surface area contributed by atoms with Gasteiger partial charge in [-0.1, -0.05) is 18.0 Å². The summed E-state index contributed by atoms with van der Waals surface area (Å²) in [6, 6.07) is 6.64. The Balaban J connectivity index is 1.88. The molecule has 13 heteroatoms. The second-order valence-electron chi connectivity index (χ2n) is 8.70. The van der Waals surface area contributed by atoms with E-state index in [0.717, 1.165) is 12.1 Å². The highest BCUT2D eigenvalue weighted by Crippen LogP contribution is 2.58. The first kappa shape index (κ1) is 26.2. The molecule has 0 spiro atoms. The summed E-state index contributed by atoms with van der Waals surface area (Å²) < 4.78 is 124. The summed E-state index contributed by atoms with van der Waals surface area (Å²) in [5.41, 5.74) is -5.98. The molecule has 0 bridgehead atoms. The summed E-state index contributed by atoms with van der Waals surface area (Å²) in [6.07, 6.45) is -0.330. The summed E-state index contributed by atoms with van der Waals surface area (Å²) in [4.78, 5) is -0.230. The van der Waals surface area contributed by atoms with Crippen LogP contribution < -0.4 is 4.74 Å². The van der Waals surface area contributed by atoms with Crippen molar-refractivity contribution in [3.05, 3.63) is 58.6 Å². The van der Waals surface area contributed by atoms with Gasteiger partial charge < -0.3 is 4.74 Å². The molecule has 3 atom stereocenters. The SMILES string of the molecule is O=S(=O)(CC[C@@H]1CCC[C@@]2(S(=O)(=O)c3ccc(Cl)cc3)c3c(F)ccc(F)c3OC[C@@H]12)C(F)(F)F. The van der Waals surface area contributed by atoms with E-state index >= 15 is 4.39 Å². The van der Waals surface area contributed by atoms with Gasteiger partial charge in [0.25, 0.3) is 0 Å². The molecule has 0 aromatic heterocycles. The van der Waals surface area contributed by atoms with Gasteiger partial charge >= 0.3 is 5.51 Å². The maximum Gasteiger partial charge on any atom is 0.497 e. The molecule has 1 aliphatic heterocycles. The molecule has 0 unspecified atom stereocenters. The smallest absolute Gasteiger partial charge is 0.490 e. The van der Waals surface area contributed by atoms with E-state index in [1.54, 1.807) is 0 Å². The summed E-state index contributed by atoms with van der Waals surface area (Å²) in [7, 11) is -9.95. The molecule has 1 heterocycles. The molecule has 0 radical (unpaired) electrons. The molecule has 5 nitrogen and oxygen atoms in total. The van der Waals surface area contributed by atoms with Crippen molar-refractivity contribution in [1.82, 2.24) is 0 Å². The number of benzene rings is 2. The third-order valence-corrected chi connectivity index (χ3v) is 11.2. The van der Waals surface area contributed by atoms with E-state index in [1.807, 2.05) is 0 Å². The number of hydrogen-bond acceptors (Lipinski definition) is 5. The predicted molar refractivity (Wildman–Crippen MR) is 117 cm³/mol. The van der Waals surface area contributed by atoms with Crippen LogP contribution in [0.5, 0.6) is 5.75 Å². The number of sulfone groups is 2. The van der Waals surface area contributed by atoms with E-state index in [4.69, 9.17) is 16.3 Å². The molecule has 35 heavy (non-hydrogen) atoms. The number of ether oxygens (including phenoxy) is 1. The number of alkyl halides is 3. The van der Waals surface area contributed by atoms with E-state index in [2.05, 4.69) is 0 Å². The van der Waals surface area contributed by atoms with Gasteiger partial charge in [-0.2, -0.15) is 13.2 Å². The summed E-state index contributed by atoms with van der Waals surface area (Å²) in [6.45, 7) is -0.434. The van der Waals surface area contributed by atoms with Crippen LogP contribution in [0.3, 0.4) is 0 Å². The highest BCUT2D eigenvalue weighted by Gasteiger charge is 2.61. The van der Waals surface area contributed by atoms with Crippen molar-refractivity contribution >= 4 is 31.3 Å². The molecule has 4 rings (SSSR count). The van der Waals surface area contributed by atoms with Gasteiger partial charge in [-0.3, -0.25) is 0 Å². The molecule has 192 valence electrons. The van der Waals surface area contributed by atoms with Gasteiger partial charge in [0.15, 0.2) is 21.4 Å². The zero-order valence-corrected chi connectivity index (χ0v) is 20.4. The Morgan fingerprint density at radius 1 is 1.00 bits per heavy atom. The fourth-order valence-corrected chi connectivity index (χ4v) is 8.69. The van der Waals surface area contributed by atoms with Crippen LogP contribution in [0.15, 0.2) is 41.3 Å². The van der Waals surface area contributed by atoms with Gasteiger partial charge in [0.05, 0.1) is 22.8 Å². The van der Waals surface area contributed by atoms with Crippen molar-refractivity contribution in [3.8, 4) is 5.75 Å². The second-order valence-corrected chi connectivity index (χ2v) is 13.4. The largest absolute Gasteiger partial charge is 0.497 e. The third kappa shape index (κ3) is 4.21. The van der Waals surface area contributed by atoms with Crippen molar-refractivity contribution in [2.24, 2.45) is 11.8 Å². The fraction of sp³-hybridized carbons (Fsp3) is 0.455. The van der Waals surface area contributed by atoms with Crippen molar-refractivity contribution in [2.45, 2.75) is 40.8 Å². The minimum absolute atomic E-state index is 0.134. The molecule has 2 aromatic rings. The van der Waals surface area contributed by atoms with Crippen LogP contribution in [-0.4, -0.2) is 34.7 Å². The van der Waals surface area contributed by atoms with E-state index in [-0.39, 0.29) is 29.2 Å². The highest BCUT2D eigenvalue weighted by atomic mass is 35.5. The lowest BCUT2D eigenvalue weighted by Crippen LogP contribution is -2.54. The van der Waals surface area contributed by atoms with Crippen molar-refractivity contribution in [3.63, 3.8) is 0 Å². The Morgan fingerprint density at radius 3 is 2.26 bits per heavy atom. The summed E-state index contributed by atoms with van der Waals surface area (Å²) in [5, 5.41) is 0.237. The zero-order chi connectivity index (χ0) is 25.8. The maximum absolute atomic E-state index is 15.3. The second kappa shape index (κ2) is 8.88. The van der Waals surface area contributed by atoms with Crippen LogP contribution in [0.1, 0.15) is 31.2 Å². The lowest BCUT2D eigenvalue weighted by atomic mass is 9.66. The van der Waals surface area contributed by atoms with Gasteiger partial charge in [0.2, 0.25) is 9.84 Å². The van der Waals surface area contributed by atoms with Crippen LogP contribution in [0.4, 0.5) is 22.0 Å². The zero-order valence-electron chi connectivity index (χ0n) is 18.0. The Hall–Kier alpha value is -1.92. The lowest BCUT2D eigenvalue weighted by Gasteiger charge is -2.50. The van der Waals surface area contributed by atoms with Gasteiger partial charge in [0.1, 0.15) is 10.6 Å². The minimum Gasteiger partial charge on any atom is -0.490 e. The average molecular weight is 559 g/mol. The Bertz CT molecular complexity index is 1340. The quantitative estimate of drug-likeness (QED) is 0.458. The average Bonchev–Trinajstić information content (AvgIpc) is 2.79. The minimum atomic E-state index is -5.46. The summed E-state index contributed by atoms with van der Waals surface area (Å²) in [5.74, 6) is -5.84. The number of fused-ring (bicyclic) bond motifs is 3. The Labute approximate surface area is 204 Å². The van der Waals surface area contributed by atoms with E-state index in [1.165, 1.54) is 24.3 Å². The lowest BCUT2D eigenvalue weighted by molar-refractivity contribution is -0.0438. The van der Waals surface area contributed by atoms with Crippen LogP contribution in [0.25, 0.3) is 0 Å². The van der Waals surface area contributed by atoms with Gasteiger partial charge in [0, 0.05) is 10.9 Å². The highest BCUT2D eigenvalue weighted by molar-refractivity contribution is 7.92. The molecular formula is C22H20ClF5O5S2. The Morgan fingerprint density at radius 2 is 1.63 bits per heavy atom.